The number of anilines is 1. The van der Waals surface area contributed by atoms with Crippen molar-refractivity contribution in [2.24, 2.45) is 5.92 Å². The maximum atomic E-state index is 5.97. The van der Waals surface area contributed by atoms with Gasteiger partial charge in [0.1, 0.15) is 5.69 Å². The Morgan fingerprint density at radius 2 is 1.94 bits per heavy atom. The first-order chi connectivity index (χ1) is 7.66. The summed E-state index contributed by atoms with van der Waals surface area (Å²) in [6.07, 6.45) is 1.91. The van der Waals surface area contributed by atoms with Crippen LogP contribution in [0.4, 0.5) is 5.69 Å². The highest BCUT2D eigenvalue weighted by atomic mass is 15.3. The summed E-state index contributed by atoms with van der Waals surface area (Å²) in [6, 6.07) is 10.0. The van der Waals surface area contributed by atoms with Crippen molar-refractivity contribution < 1.29 is 0 Å². The predicted octanol–water partition coefficient (Wildman–Crippen LogP) is 2.79. The van der Waals surface area contributed by atoms with Gasteiger partial charge in [-0.05, 0) is 5.92 Å². The number of nitrogen functional groups attached to an aromatic ring is 1. The summed E-state index contributed by atoms with van der Waals surface area (Å²) in [7, 11) is 0. The van der Waals surface area contributed by atoms with E-state index in [2.05, 4.69) is 18.9 Å². The fraction of sp³-hybridized carbons (Fsp3) is 0.308. The maximum absolute atomic E-state index is 5.97. The minimum Gasteiger partial charge on any atom is -0.396 e. The van der Waals surface area contributed by atoms with E-state index in [1.54, 1.807) is 0 Å². The van der Waals surface area contributed by atoms with E-state index in [1.165, 1.54) is 0 Å². The van der Waals surface area contributed by atoms with E-state index in [-0.39, 0.29) is 0 Å². The molecule has 1 aromatic carbocycles. The first kappa shape index (κ1) is 10.7. The molecule has 0 aliphatic rings. The number of nitrogens with two attached hydrogens (primary N) is 1. The van der Waals surface area contributed by atoms with E-state index in [4.69, 9.17) is 5.73 Å². The van der Waals surface area contributed by atoms with Crippen LogP contribution in [0.15, 0.2) is 36.5 Å². The van der Waals surface area contributed by atoms with Crippen LogP contribution in [0, 0.1) is 5.92 Å². The fourth-order valence-electron chi connectivity index (χ4n) is 1.72. The summed E-state index contributed by atoms with van der Waals surface area (Å²) in [5.74, 6) is 0.572. The minimum atomic E-state index is 0.572. The van der Waals surface area contributed by atoms with Gasteiger partial charge in [-0.25, -0.2) is 0 Å². The predicted molar refractivity (Wildman–Crippen MR) is 66.9 cm³/mol. The molecule has 0 aliphatic carbocycles. The lowest BCUT2D eigenvalue weighted by atomic mass is 10.1. The summed E-state index contributed by atoms with van der Waals surface area (Å²) >= 11 is 0. The Bertz CT molecular complexity index is 457. The van der Waals surface area contributed by atoms with Gasteiger partial charge in [0.25, 0.3) is 0 Å². The van der Waals surface area contributed by atoms with Crippen molar-refractivity contribution in [2.45, 2.75) is 20.4 Å². The summed E-state index contributed by atoms with van der Waals surface area (Å²) in [5, 5.41) is 4.51. The SMILES string of the molecule is CC(C)Cn1cc(N)c(-c2ccccc2)n1. The first-order valence-corrected chi connectivity index (χ1v) is 5.55. The van der Waals surface area contributed by atoms with Gasteiger partial charge in [-0.15, -0.1) is 0 Å². The van der Waals surface area contributed by atoms with Gasteiger partial charge in [0.2, 0.25) is 0 Å². The van der Waals surface area contributed by atoms with Crippen LogP contribution in [0.2, 0.25) is 0 Å². The number of hydrogen-bond donors (Lipinski definition) is 1. The molecule has 0 aliphatic heterocycles. The lowest BCUT2D eigenvalue weighted by Gasteiger charge is -2.03. The molecule has 1 heterocycles. The second kappa shape index (κ2) is 4.39. The molecule has 0 saturated heterocycles. The summed E-state index contributed by atoms with van der Waals surface area (Å²) in [5.41, 5.74) is 8.66. The van der Waals surface area contributed by atoms with Crippen molar-refractivity contribution in [3.63, 3.8) is 0 Å². The topological polar surface area (TPSA) is 43.8 Å². The normalized spacial score (nSPS) is 10.9. The molecular formula is C13H17N3. The van der Waals surface area contributed by atoms with E-state index in [9.17, 15) is 0 Å². The highest BCUT2D eigenvalue weighted by Gasteiger charge is 2.08. The Labute approximate surface area is 95.9 Å². The van der Waals surface area contributed by atoms with E-state index >= 15 is 0 Å². The quantitative estimate of drug-likeness (QED) is 0.855. The molecule has 16 heavy (non-hydrogen) atoms. The second-order valence-corrected chi connectivity index (χ2v) is 4.41. The standard InChI is InChI=1S/C13H17N3/c1-10(2)8-16-9-12(14)13(15-16)11-6-4-3-5-7-11/h3-7,9-10H,8,14H2,1-2H3. The highest BCUT2D eigenvalue weighted by Crippen LogP contribution is 2.23. The smallest absolute Gasteiger partial charge is 0.115 e. The molecule has 3 nitrogen and oxygen atoms in total. The third-order valence-corrected chi connectivity index (χ3v) is 2.39. The molecule has 84 valence electrons. The lowest BCUT2D eigenvalue weighted by molar-refractivity contribution is 0.484. The van der Waals surface area contributed by atoms with E-state index in [1.807, 2.05) is 41.2 Å². The van der Waals surface area contributed by atoms with Gasteiger partial charge in [0, 0.05) is 18.3 Å². The van der Waals surface area contributed by atoms with Gasteiger partial charge >= 0.3 is 0 Å². The number of hydrogen-bond acceptors (Lipinski definition) is 2. The van der Waals surface area contributed by atoms with Crippen LogP contribution in [0.1, 0.15) is 13.8 Å². The van der Waals surface area contributed by atoms with E-state index in [0.29, 0.717) is 5.92 Å². The molecule has 2 rings (SSSR count). The van der Waals surface area contributed by atoms with Crippen LogP contribution < -0.4 is 5.73 Å². The van der Waals surface area contributed by atoms with Crippen molar-refractivity contribution in [1.29, 1.82) is 0 Å². The Balaban J connectivity index is 2.32. The summed E-state index contributed by atoms with van der Waals surface area (Å²) < 4.78 is 1.92. The Morgan fingerprint density at radius 1 is 1.25 bits per heavy atom. The van der Waals surface area contributed by atoms with Gasteiger partial charge in [0.15, 0.2) is 0 Å². The average Bonchev–Trinajstić information content (AvgIpc) is 2.60. The molecule has 0 radical (unpaired) electrons. The Hall–Kier alpha value is -1.77. The molecule has 0 unspecified atom stereocenters. The van der Waals surface area contributed by atoms with Crippen molar-refractivity contribution in [1.82, 2.24) is 9.78 Å². The van der Waals surface area contributed by atoms with Crippen molar-refractivity contribution in [3.05, 3.63) is 36.5 Å². The van der Waals surface area contributed by atoms with Crippen LogP contribution in [0.5, 0.6) is 0 Å². The van der Waals surface area contributed by atoms with E-state index in [0.717, 1.165) is 23.5 Å². The second-order valence-electron chi connectivity index (χ2n) is 4.41. The van der Waals surface area contributed by atoms with Gasteiger partial charge in [-0.1, -0.05) is 44.2 Å². The van der Waals surface area contributed by atoms with Gasteiger partial charge in [-0.2, -0.15) is 5.10 Å². The number of rotatable bonds is 3. The van der Waals surface area contributed by atoms with Crippen molar-refractivity contribution >= 4 is 5.69 Å². The van der Waals surface area contributed by atoms with Crippen LogP contribution in [0.3, 0.4) is 0 Å². The molecule has 0 atom stereocenters. The minimum absolute atomic E-state index is 0.572. The zero-order valence-corrected chi connectivity index (χ0v) is 9.72. The average molecular weight is 215 g/mol. The monoisotopic (exact) mass is 215 g/mol. The van der Waals surface area contributed by atoms with Gasteiger partial charge in [0.05, 0.1) is 5.69 Å². The van der Waals surface area contributed by atoms with Crippen LogP contribution in [0.25, 0.3) is 11.3 Å². The molecule has 0 bridgehead atoms. The first-order valence-electron chi connectivity index (χ1n) is 5.55. The third kappa shape index (κ3) is 2.24. The largest absolute Gasteiger partial charge is 0.396 e. The number of nitrogens with zero attached hydrogens (tertiary/aromatic N) is 2. The molecule has 3 heteroatoms. The zero-order valence-electron chi connectivity index (χ0n) is 9.72. The molecule has 2 aromatic rings. The molecular weight excluding hydrogens is 198 g/mol. The van der Waals surface area contributed by atoms with Crippen LogP contribution in [-0.2, 0) is 6.54 Å². The van der Waals surface area contributed by atoms with Crippen molar-refractivity contribution in [2.75, 3.05) is 5.73 Å². The molecule has 0 spiro atoms. The van der Waals surface area contributed by atoms with Gasteiger partial charge in [-0.3, -0.25) is 4.68 Å². The fourth-order valence-corrected chi connectivity index (χ4v) is 1.72. The van der Waals surface area contributed by atoms with E-state index < -0.39 is 0 Å². The number of benzene rings is 1. The van der Waals surface area contributed by atoms with Crippen LogP contribution in [-0.4, -0.2) is 9.78 Å². The molecule has 1 aromatic heterocycles. The maximum Gasteiger partial charge on any atom is 0.115 e. The van der Waals surface area contributed by atoms with Crippen molar-refractivity contribution in [3.8, 4) is 11.3 Å². The van der Waals surface area contributed by atoms with Gasteiger partial charge < -0.3 is 5.73 Å². The third-order valence-electron chi connectivity index (χ3n) is 2.39. The molecule has 0 saturated carbocycles. The molecule has 0 fully saturated rings. The summed E-state index contributed by atoms with van der Waals surface area (Å²) in [4.78, 5) is 0. The number of aromatic nitrogens is 2. The van der Waals surface area contributed by atoms with Crippen LogP contribution >= 0.6 is 0 Å². The Kier molecular flexibility index (Phi) is 2.95. The zero-order chi connectivity index (χ0) is 11.5. The highest BCUT2D eigenvalue weighted by molar-refractivity contribution is 5.71. The summed E-state index contributed by atoms with van der Waals surface area (Å²) in [6.45, 7) is 5.23. The Morgan fingerprint density at radius 3 is 2.56 bits per heavy atom. The molecule has 0 amide bonds. The molecule has 2 N–H and O–H groups in total. The lowest BCUT2D eigenvalue weighted by Crippen LogP contribution is -2.04.